The van der Waals surface area contributed by atoms with Crippen molar-refractivity contribution in [2.75, 3.05) is 13.7 Å². The van der Waals surface area contributed by atoms with E-state index in [1.54, 1.807) is 13.8 Å². The van der Waals surface area contributed by atoms with Crippen LogP contribution in [0, 0.1) is 13.8 Å². The first-order chi connectivity index (χ1) is 8.29. The fourth-order valence-electron chi connectivity index (χ4n) is 1.40. The molecule has 1 rings (SSSR count). The summed E-state index contributed by atoms with van der Waals surface area (Å²) >= 11 is 3.03. The molecule has 2 N–H and O–H groups in total. The number of ether oxygens (including phenoxy) is 1. The lowest BCUT2D eigenvalue weighted by Gasteiger charge is -2.10. The summed E-state index contributed by atoms with van der Waals surface area (Å²) in [5.41, 5.74) is 0.827. The number of methoxy groups -OCH3 is 1. The van der Waals surface area contributed by atoms with Crippen LogP contribution in [0.1, 0.15) is 11.4 Å². The number of H-pyrrole nitrogens is 1. The lowest BCUT2D eigenvalue weighted by Crippen LogP contribution is -2.34. The van der Waals surface area contributed by atoms with Gasteiger partial charge in [0.2, 0.25) is 10.0 Å². The molecule has 0 saturated heterocycles. The van der Waals surface area contributed by atoms with E-state index in [-0.39, 0.29) is 11.4 Å². The molecule has 1 unspecified atom stereocenters. The predicted octanol–water partition coefficient (Wildman–Crippen LogP) is 0.241. The molecular formula is C9H14BrN3O4S. The monoisotopic (exact) mass is 339 g/mol. The number of aromatic amines is 1. The van der Waals surface area contributed by atoms with Crippen molar-refractivity contribution in [3.63, 3.8) is 0 Å². The number of sulfonamides is 1. The van der Waals surface area contributed by atoms with Gasteiger partial charge in [-0.1, -0.05) is 15.9 Å². The van der Waals surface area contributed by atoms with Gasteiger partial charge >= 0.3 is 5.97 Å². The topological polar surface area (TPSA) is 101 Å². The maximum Gasteiger partial charge on any atom is 0.320 e. The molecule has 102 valence electrons. The van der Waals surface area contributed by atoms with Crippen LogP contribution in [0.4, 0.5) is 0 Å². The van der Waals surface area contributed by atoms with Gasteiger partial charge in [-0.3, -0.25) is 9.89 Å². The van der Waals surface area contributed by atoms with E-state index in [0.717, 1.165) is 0 Å². The average Bonchev–Trinajstić information content (AvgIpc) is 2.65. The molecule has 1 aromatic rings. The number of nitrogens with zero attached hydrogens (tertiary/aromatic N) is 1. The van der Waals surface area contributed by atoms with Gasteiger partial charge in [0.1, 0.15) is 9.72 Å². The van der Waals surface area contributed by atoms with Crippen LogP contribution in [0.5, 0.6) is 0 Å². The maximum absolute atomic E-state index is 12.0. The highest BCUT2D eigenvalue weighted by Crippen LogP contribution is 2.16. The van der Waals surface area contributed by atoms with Gasteiger partial charge < -0.3 is 4.74 Å². The highest BCUT2D eigenvalue weighted by molar-refractivity contribution is 9.10. The fourth-order valence-corrected chi connectivity index (χ4v) is 3.38. The Kier molecular flexibility index (Phi) is 4.88. The Morgan fingerprint density at radius 2 is 2.17 bits per heavy atom. The molecule has 1 heterocycles. The molecule has 18 heavy (non-hydrogen) atoms. The second-order valence-electron chi connectivity index (χ2n) is 3.61. The van der Waals surface area contributed by atoms with Gasteiger partial charge in [-0.15, -0.1) is 0 Å². The Morgan fingerprint density at radius 3 is 2.61 bits per heavy atom. The molecule has 0 aliphatic rings. The fraction of sp³-hybridized carbons (Fsp3) is 0.556. The highest BCUT2D eigenvalue weighted by atomic mass is 79.9. The number of aromatic nitrogens is 2. The van der Waals surface area contributed by atoms with Gasteiger partial charge in [-0.2, -0.15) is 5.10 Å². The van der Waals surface area contributed by atoms with Crippen molar-refractivity contribution in [3.8, 4) is 0 Å². The zero-order valence-corrected chi connectivity index (χ0v) is 12.6. The van der Waals surface area contributed by atoms with E-state index in [9.17, 15) is 13.2 Å². The molecule has 0 bridgehead atoms. The second-order valence-corrected chi connectivity index (χ2v) is 6.41. The predicted molar refractivity (Wildman–Crippen MR) is 68.0 cm³/mol. The van der Waals surface area contributed by atoms with E-state index < -0.39 is 20.8 Å². The minimum atomic E-state index is -3.70. The number of carbonyl (C=O) groups excluding carboxylic acids is 1. The van der Waals surface area contributed by atoms with Crippen LogP contribution in [-0.4, -0.2) is 43.1 Å². The number of esters is 1. The first-order valence-electron chi connectivity index (χ1n) is 5.02. The van der Waals surface area contributed by atoms with Crippen LogP contribution in [0.3, 0.4) is 0 Å². The van der Waals surface area contributed by atoms with E-state index >= 15 is 0 Å². The molecule has 0 aromatic carbocycles. The quantitative estimate of drug-likeness (QED) is 0.591. The van der Waals surface area contributed by atoms with E-state index in [1.807, 2.05) is 0 Å². The molecular weight excluding hydrogens is 326 g/mol. The first-order valence-corrected chi connectivity index (χ1v) is 7.42. The van der Waals surface area contributed by atoms with Crippen molar-refractivity contribution in [1.82, 2.24) is 14.9 Å². The number of halogens is 1. The van der Waals surface area contributed by atoms with Gasteiger partial charge in [0, 0.05) is 6.54 Å². The molecule has 0 aliphatic carbocycles. The van der Waals surface area contributed by atoms with Crippen molar-refractivity contribution in [2.45, 2.75) is 23.6 Å². The summed E-state index contributed by atoms with van der Waals surface area (Å²) in [5, 5.41) is 6.41. The zero-order chi connectivity index (χ0) is 13.9. The van der Waals surface area contributed by atoms with E-state index in [1.165, 1.54) is 7.11 Å². The Labute approximate surface area is 113 Å². The SMILES string of the molecule is COC(=O)C(Br)CNS(=O)(=O)c1c(C)n[nH]c1C. The summed E-state index contributed by atoms with van der Waals surface area (Å²) in [6.45, 7) is 3.10. The van der Waals surface area contributed by atoms with Gasteiger partial charge in [0.15, 0.2) is 0 Å². The smallest absolute Gasteiger partial charge is 0.320 e. The van der Waals surface area contributed by atoms with Gasteiger partial charge in [-0.25, -0.2) is 13.1 Å². The third-order valence-electron chi connectivity index (χ3n) is 2.24. The van der Waals surface area contributed by atoms with Crippen molar-refractivity contribution in [3.05, 3.63) is 11.4 Å². The number of carbonyl (C=O) groups is 1. The second kappa shape index (κ2) is 5.81. The summed E-state index contributed by atoms with van der Waals surface area (Å²) in [4.78, 5) is 10.5. The van der Waals surface area contributed by atoms with Crippen LogP contribution in [-0.2, 0) is 19.6 Å². The summed E-state index contributed by atoms with van der Waals surface area (Å²) in [7, 11) is -2.47. The van der Waals surface area contributed by atoms with Crippen molar-refractivity contribution in [2.24, 2.45) is 0 Å². The third-order valence-corrected chi connectivity index (χ3v) is 4.62. The minimum absolute atomic E-state index is 0.0981. The Bertz CT molecular complexity index is 521. The molecule has 1 aromatic heterocycles. The highest BCUT2D eigenvalue weighted by Gasteiger charge is 2.24. The normalized spacial score (nSPS) is 13.3. The summed E-state index contributed by atoms with van der Waals surface area (Å²) < 4.78 is 30.8. The third kappa shape index (κ3) is 3.30. The Hall–Kier alpha value is -0.930. The van der Waals surface area contributed by atoms with Crippen molar-refractivity contribution >= 4 is 31.9 Å². The number of hydrogen-bond acceptors (Lipinski definition) is 5. The Balaban J connectivity index is 2.81. The van der Waals surface area contributed by atoms with Crippen LogP contribution in [0.25, 0.3) is 0 Å². The summed E-state index contributed by atoms with van der Waals surface area (Å²) in [6.07, 6.45) is 0. The first kappa shape index (κ1) is 15.1. The van der Waals surface area contributed by atoms with Gasteiger partial charge in [0.05, 0.1) is 18.5 Å². The van der Waals surface area contributed by atoms with Gasteiger partial charge in [-0.05, 0) is 13.8 Å². The molecule has 0 saturated carbocycles. The van der Waals surface area contributed by atoms with Crippen molar-refractivity contribution in [1.29, 1.82) is 0 Å². The number of rotatable bonds is 5. The molecule has 0 aliphatic heterocycles. The standard InChI is InChI=1S/C9H14BrN3O4S/c1-5-8(6(2)13-12-5)18(15,16)11-4-7(10)9(14)17-3/h7,11H,4H2,1-3H3,(H,12,13). The van der Waals surface area contributed by atoms with Gasteiger partial charge in [0.25, 0.3) is 0 Å². The largest absolute Gasteiger partial charge is 0.468 e. The Morgan fingerprint density at radius 1 is 1.56 bits per heavy atom. The van der Waals surface area contributed by atoms with Crippen LogP contribution in [0.2, 0.25) is 0 Å². The molecule has 9 heteroatoms. The summed E-state index contributed by atoms with van der Waals surface area (Å²) in [5.74, 6) is -0.543. The van der Waals surface area contributed by atoms with Crippen LogP contribution >= 0.6 is 15.9 Å². The number of alkyl halides is 1. The van der Waals surface area contributed by atoms with E-state index in [0.29, 0.717) is 11.4 Å². The molecule has 7 nitrogen and oxygen atoms in total. The molecule has 0 spiro atoms. The number of hydrogen-bond donors (Lipinski definition) is 2. The maximum atomic E-state index is 12.0. The zero-order valence-electron chi connectivity index (χ0n) is 10.2. The lowest BCUT2D eigenvalue weighted by atomic mass is 10.4. The number of aryl methyl sites for hydroxylation is 2. The minimum Gasteiger partial charge on any atom is -0.468 e. The molecule has 1 atom stereocenters. The molecule has 0 amide bonds. The van der Waals surface area contributed by atoms with E-state index in [4.69, 9.17) is 0 Å². The van der Waals surface area contributed by atoms with Crippen LogP contribution < -0.4 is 4.72 Å². The van der Waals surface area contributed by atoms with E-state index in [2.05, 4.69) is 35.6 Å². The lowest BCUT2D eigenvalue weighted by molar-refractivity contribution is -0.139. The van der Waals surface area contributed by atoms with Crippen LogP contribution in [0.15, 0.2) is 4.90 Å². The molecule has 0 fully saturated rings. The van der Waals surface area contributed by atoms with Crippen molar-refractivity contribution < 1.29 is 17.9 Å². The average molecular weight is 340 g/mol. The molecule has 0 radical (unpaired) electrons. The summed E-state index contributed by atoms with van der Waals surface area (Å²) in [6, 6.07) is 0. The number of nitrogens with one attached hydrogen (secondary N) is 2.